The van der Waals surface area contributed by atoms with Crippen LogP contribution in [0.15, 0.2) is 36.9 Å². The van der Waals surface area contributed by atoms with E-state index >= 15 is 0 Å². The van der Waals surface area contributed by atoms with Crippen LogP contribution in [0, 0.1) is 5.92 Å². The zero-order chi connectivity index (χ0) is 14.2. The van der Waals surface area contributed by atoms with Crippen molar-refractivity contribution in [3.8, 4) is 0 Å². The van der Waals surface area contributed by atoms with E-state index < -0.39 is 0 Å². The van der Waals surface area contributed by atoms with Crippen LogP contribution >= 0.6 is 0 Å². The van der Waals surface area contributed by atoms with Crippen LogP contribution in [0.2, 0.25) is 0 Å². The van der Waals surface area contributed by atoms with E-state index in [4.69, 9.17) is 0 Å². The zero-order valence-electron chi connectivity index (χ0n) is 12.5. The van der Waals surface area contributed by atoms with Gasteiger partial charge in [0.05, 0.1) is 23.8 Å². The largest absolute Gasteiger partial charge is 0.330 e. The first-order valence-corrected chi connectivity index (χ1v) is 7.95. The number of rotatable bonds is 6. The van der Waals surface area contributed by atoms with Crippen LogP contribution in [0.3, 0.4) is 0 Å². The maximum absolute atomic E-state index is 4.60. The van der Waals surface area contributed by atoms with Gasteiger partial charge in [-0.25, -0.2) is 4.98 Å². The molecule has 0 saturated heterocycles. The average Bonchev–Trinajstić information content (AvgIpc) is 3.42. The lowest BCUT2D eigenvalue weighted by Gasteiger charge is -2.28. The third-order valence-electron chi connectivity index (χ3n) is 4.63. The molecule has 0 N–H and O–H groups in total. The molecule has 0 amide bonds. The molecule has 2 aliphatic rings. The van der Waals surface area contributed by atoms with E-state index in [-0.39, 0.29) is 0 Å². The van der Waals surface area contributed by atoms with E-state index in [0.29, 0.717) is 12.1 Å². The molecule has 0 radical (unpaired) electrons. The van der Waals surface area contributed by atoms with Crippen molar-refractivity contribution < 1.29 is 0 Å². The Morgan fingerprint density at radius 1 is 1.29 bits per heavy atom. The highest BCUT2D eigenvalue weighted by Crippen LogP contribution is 2.44. The number of pyridine rings is 1. The molecule has 2 aliphatic carbocycles. The van der Waals surface area contributed by atoms with Crippen LogP contribution in [0.25, 0.3) is 0 Å². The molecule has 4 nitrogen and oxygen atoms in total. The maximum atomic E-state index is 4.60. The second-order valence-electron chi connectivity index (χ2n) is 6.48. The molecular formula is C17H22N4. The number of aromatic nitrogens is 3. The van der Waals surface area contributed by atoms with Gasteiger partial charge in [0.15, 0.2) is 0 Å². The van der Waals surface area contributed by atoms with Crippen molar-refractivity contribution in [1.82, 2.24) is 19.4 Å². The second kappa shape index (κ2) is 5.26. The summed E-state index contributed by atoms with van der Waals surface area (Å²) in [6, 6.07) is 7.40. The first-order chi connectivity index (χ1) is 10.3. The Labute approximate surface area is 125 Å². The lowest BCUT2D eigenvalue weighted by molar-refractivity contribution is 0.203. The van der Waals surface area contributed by atoms with Gasteiger partial charge in [0.2, 0.25) is 0 Å². The van der Waals surface area contributed by atoms with E-state index in [9.17, 15) is 0 Å². The first kappa shape index (κ1) is 13.0. The predicted octanol–water partition coefficient (Wildman–Crippen LogP) is 3.20. The van der Waals surface area contributed by atoms with Crippen molar-refractivity contribution >= 4 is 0 Å². The molecule has 2 aromatic heterocycles. The van der Waals surface area contributed by atoms with Gasteiger partial charge in [-0.15, -0.1) is 0 Å². The quantitative estimate of drug-likeness (QED) is 0.816. The molecular weight excluding hydrogens is 260 g/mol. The number of hydrogen-bond donors (Lipinski definition) is 0. The van der Waals surface area contributed by atoms with E-state index in [2.05, 4.69) is 38.6 Å². The molecule has 0 bridgehead atoms. The van der Waals surface area contributed by atoms with Crippen molar-refractivity contribution in [3.63, 3.8) is 0 Å². The zero-order valence-corrected chi connectivity index (χ0v) is 12.5. The van der Waals surface area contributed by atoms with Crippen LogP contribution in [0.1, 0.15) is 49.2 Å². The summed E-state index contributed by atoms with van der Waals surface area (Å²) in [5, 5.41) is 0. The molecule has 1 atom stereocenters. The lowest BCUT2D eigenvalue weighted by atomic mass is 10.1. The first-order valence-electron chi connectivity index (χ1n) is 7.95. The summed E-state index contributed by atoms with van der Waals surface area (Å²) in [7, 11) is 2.22. The number of nitrogens with zero attached hydrogens (tertiary/aromatic N) is 4. The van der Waals surface area contributed by atoms with E-state index in [1.807, 2.05) is 24.8 Å². The lowest BCUT2D eigenvalue weighted by Crippen LogP contribution is -2.27. The van der Waals surface area contributed by atoms with Crippen LogP contribution in [0.4, 0.5) is 0 Å². The van der Waals surface area contributed by atoms with Crippen molar-refractivity contribution in [2.45, 2.75) is 44.3 Å². The molecule has 4 rings (SSSR count). The predicted molar refractivity (Wildman–Crippen MR) is 81.7 cm³/mol. The fourth-order valence-electron chi connectivity index (χ4n) is 3.28. The van der Waals surface area contributed by atoms with Crippen LogP contribution in [0.5, 0.6) is 0 Å². The number of imidazole rings is 1. The van der Waals surface area contributed by atoms with Gasteiger partial charge in [0, 0.05) is 25.0 Å². The second-order valence-corrected chi connectivity index (χ2v) is 6.48. The maximum Gasteiger partial charge on any atom is 0.0951 e. The Kier molecular flexibility index (Phi) is 3.26. The molecule has 110 valence electrons. The molecule has 4 heteroatoms. The molecule has 2 aromatic rings. The Morgan fingerprint density at radius 3 is 2.81 bits per heavy atom. The summed E-state index contributed by atoms with van der Waals surface area (Å²) in [6.07, 6.45) is 11.2. The standard InChI is InChI=1S/C17H22N4/c1-20(11-15-10-18-12-21(15)14-7-8-14)17(13-5-6-13)16-4-2-3-9-19-16/h2-4,9-10,12-14,17H,5-8,11H2,1H3/t17-/m0/s1. The summed E-state index contributed by atoms with van der Waals surface area (Å²) in [4.78, 5) is 11.4. The minimum absolute atomic E-state index is 0.439. The summed E-state index contributed by atoms with van der Waals surface area (Å²) >= 11 is 0. The Hall–Kier alpha value is -1.68. The van der Waals surface area contributed by atoms with Gasteiger partial charge >= 0.3 is 0 Å². The van der Waals surface area contributed by atoms with Crippen LogP contribution in [-0.4, -0.2) is 26.5 Å². The molecule has 2 saturated carbocycles. The smallest absolute Gasteiger partial charge is 0.0951 e. The van der Waals surface area contributed by atoms with Gasteiger partial charge < -0.3 is 4.57 Å². The highest BCUT2D eigenvalue weighted by atomic mass is 15.2. The van der Waals surface area contributed by atoms with Gasteiger partial charge in [-0.1, -0.05) is 6.07 Å². The summed E-state index contributed by atoms with van der Waals surface area (Å²) < 4.78 is 2.36. The molecule has 0 unspecified atom stereocenters. The number of hydrogen-bond acceptors (Lipinski definition) is 3. The highest BCUT2D eigenvalue weighted by molar-refractivity contribution is 5.13. The van der Waals surface area contributed by atoms with Crippen molar-refractivity contribution in [1.29, 1.82) is 0 Å². The molecule has 2 fully saturated rings. The summed E-state index contributed by atoms with van der Waals surface area (Å²) in [5.41, 5.74) is 2.54. The Balaban J connectivity index is 1.54. The van der Waals surface area contributed by atoms with Gasteiger partial charge in [0.1, 0.15) is 0 Å². The van der Waals surface area contributed by atoms with E-state index in [0.717, 1.165) is 12.5 Å². The molecule has 0 aromatic carbocycles. The minimum atomic E-state index is 0.439. The summed E-state index contributed by atoms with van der Waals surface area (Å²) in [5.74, 6) is 0.766. The van der Waals surface area contributed by atoms with Gasteiger partial charge in [0.25, 0.3) is 0 Å². The monoisotopic (exact) mass is 282 g/mol. The van der Waals surface area contributed by atoms with Crippen molar-refractivity contribution in [2.24, 2.45) is 5.92 Å². The molecule has 0 spiro atoms. The van der Waals surface area contributed by atoms with E-state index in [1.165, 1.54) is 37.1 Å². The van der Waals surface area contributed by atoms with Gasteiger partial charge in [-0.3, -0.25) is 9.88 Å². The normalized spacial score (nSPS) is 19.9. The Bertz CT molecular complexity index is 598. The third-order valence-corrected chi connectivity index (χ3v) is 4.63. The molecule has 0 aliphatic heterocycles. The van der Waals surface area contributed by atoms with Gasteiger partial charge in [-0.05, 0) is 50.8 Å². The highest BCUT2D eigenvalue weighted by Gasteiger charge is 2.36. The topological polar surface area (TPSA) is 34.0 Å². The Morgan fingerprint density at radius 2 is 2.14 bits per heavy atom. The van der Waals surface area contributed by atoms with Crippen LogP contribution < -0.4 is 0 Å². The SMILES string of the molecule is CN(Cc1cncn1C1CC1)[C@H](c1ccccn1)C1CC1. The third kappa shape index (κ3) is 2.72. The van der Waals surface area contributed by atoms with Crippen molar-refractivity contribution in [2.75, 3.05) is 7.05 Å². The fourth-order valence-corrected chi connectivity index (χ4v) is 3.28. The van der Waals surface area contributed by atoms with E-state index in [1.54, 1.807) is 0 Å². The van der Waals surface area contributed by atoms with Crippen molar-refractivity contribution in [3.05, 3.63) is 48.3 Å². The average molecular weight is 282 g/mol. The fraction of sp³-hybridized carbons (Fsp3) is 0.529. The summed E-state index contributed by atoms with van der Waals surface area (Å²) in [6.45, 7) is 0.953. The van der Waals surface area contributed by atoms with Crippen LogP contribution in [-0.2, 0) is 6.54 Å². The van der Waals surface area contributed by atoms with Gasteiger partial charge in [-0.2, -0.15) is 0 Å². The minimum Gasteiger partial charge on any atom is -0.330 e. The molecule has 21 heavy (non-hydrogen) atoms. The molecule has 2 heterocycles.